The van der Waals surface area contributed by atoms with Crippen LogP contribution in [-0.4, -0.2) is 6.09 Å². The predicted octanol–water partition coefficient (Wildman–Crippen LogP) is 4.45. The van der Waals surface area contributed by atoms with Gasteiger partial charge in [0.2, 0.25) is 0 Å². The fourth-order valence-corrected chi connectivity index (χ4v) is 1.79. The number of rotatable bonds is 4. The number of nitrogens with one attached hydrogen (secondary N) is 1. The van der Waals surface area contributed by atoms with Crippen molar-refractivity contribution in [2.75, 3.05) is 5.32 Å². The summed E-state index contributed by atoms with van der Waals surface area (Å²) < 4.78 is 31.0. The maximum atomic E-state index is 13.3. The van der Waals surface area contributed by atoms with E-state index < -0.39 is 17.7 Å². The second-order valence-corrected chi connectivity index (χ2v) is 4.54. The summed E-state index contributed by atoms with van der Waals surface area (Å²) in [5.41, 5.74) is 1.59. The Morgan fingerprint density at radius 2 is 1.76 bits per heavy atom. The van der Waals surface area contributed by atoms with Crippen LogP contribution in [0.25, 0.3) is 0 Å². The van der Waals surface area contributed by atoms with Gasteiger partial charge in [-0.05, 0) is 23.3 Å². The third kappa shape index (κ3) is 4.43. The first-order valence-corrected chi connectivity index (χ1v) is 6.64. The van der Waals surface area contributed by atoms with Crippen molar-refractivity contribution in [3.8, 4) is 0 Å². The molecule has 0 aliphatic carbocycles. The number of halogens is 3. The summed E-state index contributed by atoms with van der Waals surface area (Å²) in [6, 6.07) is 10.1. The van der Waals surface area contributed by atoms with Crippen LogP contribution in [0.3, 0.4) is 0 Å². The van der Waals surface area contributed by atoms with Crippen LogP contribution in [0.2, 0.25) is 0 Å². The monoisotopic (exact) mass is 311 g/mol. The van der Waals surface area contributed by atoms with Crippen molar-refractivity contribution in [3.05, 3.63) is 65.2 Å². The Bertz CT molecular complexity index is 632. The molecule has 0 saturated carbocycles. The van der Waals surface area contributed by atoms with Gasteiger partial charge in [0.25, 0.3) is 0 Å². The third-order valence-electron chi connectivity index (χ3n) is 2.72. The molecule has 0 spiro atoms. The minimum atomic E-state index is -0.863. The molecule has 2 aromatic rings. The van der Waals surface area contributed by atoms with E-state index in [0.717, 1.165) is 23.3 Å². The van der Waals surface area contributed by atoms with Gasteiger partial charge in [-0.15, -0.1) is 11.6 Å². The zero-order chi connectivity index (χ0) is 15.2. The summed E-state index contributed by atoms with van der Waals surface area (Å²) in [6.45, 7) is 0.0389. The van der Waals surface area contributed by atoms with Gasteiger partial charge in [-0.25, -0.2) is 13.6 Å². The predicted molar refractivity (Wildman–Crippen MR) is 76.2 cm³/mol. The van der Waals surface area contributed by atoms with Crippen LogP contribution >= 0.6 is 11.6 Å². The molecule has 0 bridgehead atoms. The van der Waals surface area contributed by atoms with E-state index in [2.05, 4.69) is 5.32 Å². The third-order valence-corrected chi connectivity index (χ3v) is 3.02. The van der Waals surface area contributed by atoms with E-state index in [4.69, 9.17) is 16.3 Å². The minimum Gasteiger partial charge on any atom is -0.444 e. The van der Waals surface area contributed by atoms with E-state index in [1.165, 1.54) is 0 Å². The van der Waals surface area contributed by atoms with Gasteiger partial charge in [0.05, 0.1) is 5.69 Å². The number of hydrogen-bond acceptors (Lipinski definition) is 2. The molecule has 0 unspecified atom stereocenters. The van der Waals surface area contributed by atoms with Crippen molar-refractivity contribution >= 4 is 23.4 Å². The topological polar surface area (TPSA) is 38.3 Å². The lowest BCUT2D eigenvalue weighted by atomic mass is 10.2. The molecule has 0 atom stereocenters. The van der Waals surface area contributed by atoms with E-state index in [1.807, 2.05) is 12.1 Å². The van der Waals surface area contributed by atoms with E-state index >= 15 is 0 Å². The molecule has 0 aliphatic rings. The largest absolute Gasteiger partial charge is 0.444 e. The fourth-order valence-electron chi connectivity index (χ4n) is 1.61. The molecule has 0 aliphatic heterocycles. The average molecular weight is 312 g/mol. The molecule has 0 saturated heterocycles. The maximum Gasteiger partial charge on any atom is 0.412 e. The smallest absolute Gasteiger partial charge is 0.412 e. The normalized spacial score (nSPS) is 10.2. The van der Waals surface area contributed by atoms with Crippen molar-refractivity contribution in [1.82, 2.24) is 0 Å². The van der Waals surface area contributed by atoms with Gasteiger partial charge in [-0.2, -0.15) is 0 Å². The summed E-state index contributed by atoms with van der Waals surface area (Å²) in [5.74, 6) is -1.17. The molecule has 21 heavy (non-hydrogen) atoms. The van der Waals surface area contributed by atoms with E-state index in [-0.39, 0.29) is 12.3 Å². The van der Waals surface area contributed by atoms with Crippen LogP contribution in [0.5, 0.6) is 0 Å². The number of amides is 1. The van der Waals surface area contributed by atoms with Crippen molar-refractivity contribution in [3.63, 3.8) is 0 Å². The first-order valence-electron chi connectivity index (χ1n) is 6.11. The molecule has 3 nitrogen and oxygen atoms in total. The molecule has 0 radical (unpaired) electrons. The Morgan fingerprint density at radius 3 is 2.38 bits per heavy atom. The van der Waals surface area contributed by atoms with Gasteiger partial charge in [-0.1, -0.05) is 24.3 Å². The Balaban J connectivity index is 1.89. The zero-order valence-corrected chi connectivity index (χ0v) is 11.7. The SMILES string of the molecule is O=C(Nc1ccc(F)cc1F)OCc1ccc(CCl)cc1. The lowest BCUT2D eigenvalue weighted by molar-refractivity contribution is 0.155. The highest BCUT2D eigenvalue weighted by Crippen LogP contribution is 2.15. The highest BCUT2D eigenvalue weighted by molar-refractivity contribution is 6.17. The van der Waals surface area contributed by atoms with Crippen LogP contribution in [-0.2, 0) is 17.2 Å². The summed E-state index contributed by atoms with van der Waals surface area (Å²) in [6.07, 6.45) is -0.818. The molecule has 0 heterocycles. The number of ether oxygens (including phenoxy) is 1. The van der Waals surface area contributed by atoms with Gasteiger partial charge in [-0.3, -0.25) is 5.32 Å². The lowest BCUT2D eigenvalue weighted by Crippen LogP contribution is -2.14. The van der Waals surface area contributed by atoms with E-state index in [9.17, 15) is 13.6 Å². The highest BCUT2D eigenvalue weighted by atomic mass is 35.5. The summed E-state index contributed by atoms with van der Waals surface area (Å²) in [5, 5.41) is 2.21. The molecular weight excluding hydrogens is 300 g/mol. The van der Waals surface area contributed by atoms with Crippen molar-refractivity contribution in [2.24, 2.45) is 0 Å². The molecule has 1 N–H and O–H groups in total. The molecule has 110 valence electrons. The van der Waals surface area contributed by atoms with E-state index in [0.29, 0.717) is 11.9 Å². The van der Waals surface area contributed by atoms with Gasteiger partial charge in [0, 0.05) is 11.9 Å². The average Bonchev–Trinajstić information content (AvgIpc) is 2.48. The number of benzene rings is 2. The van der Waals surface area contributed by atoms with Gasteiger partial charge in [0.15, 0.2) is 0 Å². The highest BCUT2D eigenvalue weighted by Gasteiger charge is 2.09. The molecule has 2 rings (SSSR count). The number of hydrogen-bond donors (Lipinski definition) is 1. The molecular formula is C15H12ClF2NO2. The number of alkyl halides is 1. The minimum absolute atomic E-state index is 0.0389. The second kappa shape index (κ2) is 7.04. The van der Waals surface area contributed by atoms with E-state index in [1.54, 1.807) is 12.1 Å². The summed E-state index contributed by atoms with van der Waals surface area (Å²) >= 11 is 5.67. The summed E-state index contributed by atoms with van der Waals surface area (Å²) in [7, 11) is 0. The molecule has 0 fully saturated rings. The zero-order valence-electron chi connectivity index (χ0n) is 10.9. The van der Waals surface area contributed by atoms with Crippen LogP contribution in [0, 0.1) is 11.6 Å². The van der Waals surface area contributed by atoms with Crippen molar-refractivity contribution in [2.45, 2.75) is 12.5 Å². The first kappa shape index (κ1) is 15.3. The van der Waals surface area contributed by atoms with Gasteiger partial charge >= 0.3 is 6.09 Å². The molecule has 1 amide bonds. The van der Waals surface area contributed by atoms with Gasteiger partial charge in [0.1, 0.15) is 18.2 Å². The standard InChI is InChI=1S/C15H12ClF2NO2/c16-8-10-1-3-11(4-2-10)9-21-15(20)19-14-6-5-12(17)7-13(14)18/h1-7H,8-9H2,(H,19,20). The number of carbonyl (C=O) groups is 1. The van der Waals surface area contributed by atoms with Crippen molar-refractivity contribution in [1.29, 1.82) is 0 Å². The first-order chi connectivity index (χ1) is 10.1. The fraction of sp³-hybridized carbons (Fsp3) is 0.133. The molecule has 6 heteroatoms. The van der Waals surface area contributed by atoms with Crippen LogP contribution < -0.4 is 5.32 Å². The maximum absolute atomic E-state index is 13.3. The lowest BCUT2D eigenvalue weighted by Gasteiger charge is -2.08. The number of anilines is 1. The quantitative estimate of drug-likeness (QED) is 0.847. The Labute approximate surface area is 125 Å². The van der Waals surface area contributed by atoms with Crippen molar-refractivity contribution < 1.29 is 18.3 Å². The Hall–Kier alpha value is -2.14. The summed E-state index contributed by atoms with van der Waals surface area (Å²) in [4.78, 5) is 11.5. The molecule has 0 aromatic heterocycles. The Morgan fingerprint density at radius 1 is 1.10 bits per heavy atom. The van der Waals surface area contributed by atoms with Crippen LogP contribution in [0.4, 0.5) is 19.3 Å². The van der Waals surface area contributed by atoms with Crippen LogP contribution in [0.1, 0.15) is 11.1 Å². The van der Waals surface area contributed by atoms with Crippen LogP contribution in [0.15, 0.2) is 42.5 Å². The molecule has 2 aromatic carbocycles. The second-order valence-electron chi connectivity index (χ2n) is 4.28. The van der Waals surface area contributed by atoms with Gasteiger partial charge < -0.3 is 4.74 Å². The Kier molecular flexibility index (Phi) is 5.11. The number of carbonyl (C=O) groups excluding carboxylic acids is 1.